The fraction of sp³-hybridized carbons (Fsp3) is 0.409. The molecule has 1 N–H and O–H groups in total. The number of aryl methyl sites for hydroxylation is 2. The van der Waals surface area contributed by atoms with Crippen LogP contribution in [0.1, 0.15) is 33.9 Å². The van der Waals surface area contributed by atoms with Crippen molar-refractivity contribution in [3.63, 3.8) is 0 Å². The number of carbonyl (C=O) groups excluding carboxylic acids is 1. The van der Waals surface area contributed by atoms with Gasteiger partial charge in [-0.2, -0.15) is 0 Å². The molecular formula is C22H29N5O2. The molecule has 0 aromatic carbocycles. The first kappa shape index (κ1) is 20.8. The number of ether oxygens (including phenoxy) is 1. The van der Waals surface area contributed by atoms with Gasteiger partial charge in [0, 0.05) is 74.6 Å². The van der Waals surface area contributed by atoms with Crippen LogP contribution in [0.4, 0.5) is 0 Å². The number of amides is 1. The van der Waals surface area contributed by atoms with E-state index in [9.17, 15) is 4.79 Å². The molecule has 0 saturated carbocycles. The smallest absolute Gasteiger partial charge is 0.253 e. The van der Waals surface area contributed by atoms with E-state index in [0.717, 1.165) is 47.0 Å². The maximum atomic E-state index is 12.7. The summed E-state index contributed by atoms with van der Waals surface area (Å²) < 4.78 is 9.41. The number of rotatable bonds is 9. The minimum atomic E-state index is -0.0446. The summed E-state index contributed by atoms with van der Waals surface area (Å²) in [6.07, 6.45) is 6.31. The summed E-state index contributed by atoms with van der Waals surface area (Å²) in [5.41, 5.74) is 4.83. The topological polar surface area (TPSA) is 74.0 Å². The molecular weight excluding hydrogens is 366 g/mol. The number of pyridine rings is 1. The molecule has 0 spiro atoms. The monoisotopic (exact) mass is 395 g/mol. The van der Waals surface area contributed by atoms with E-state index < -0.39 is 0 Å². The molecule has 0 aliphatic heterocycles. The lowest BCUT2D eigenvalue weighted by atomic mass is 10.2. The van der Waals surface area contributed by atoms with Gasteiger partial charge in [0.1, 0.15) is 5.82 Å². The highest BCUT2D eigenvalue weighted by Gasteiger charge is 2.16. The molecule has 0 radical (unpaired) electrons. The van der Waals surface area contributed by atoms with E-state index in [2.05, 4.69) is 24.4 Å². The summed E-state index contributed by atoms with van der Waals surface area (Å²) in [6, 6.07) is 5.84. The van der Waals surface area contributed by atoms with Gasteiger partial charge in [-0.3, -0.25) is 9.78 Å². The zero-order chi connectivity index (χ0) is 20.8. The lowest BCUT2D eigenvalue weighted by molar-refractivity contribution is 0.0951. The highest BCUT2D eigenvalue weighted by atomic mass is 16.5. The number of hydrogen-bond donors (Lipinski definition) is 1. The molecule has 3 heterocycles. The molecule has 7 nitrogen and oxygen atoms in total. The van der Waals surface area contributed by atoms with Crippen molar-refractivity contribution >= 4 is 5.91 Å². The van der Waals surface area contributed by atoms with E-state index in [1.807, 2.05) is 45.2 Å². The Labute approximate surface area is 171 Å². The van der Waals surface area contributed by atoms with Crippen molar-refractivity contribution < 1.29 is 9.53 Å². The Balaban J connectivity index is 1.64. The van der Waals surface area contributed by atoms with Gasteiger partial charge >= 0.3 is 0 Å². The molecule has 3 aromatic heterocycles. The van der Waals surface area contributed by atoms with Gasteiger partial charge in [-0.1, -0.05) is 0 Å². The maximum Gasteiger partial charge on any atom is 0.253 e. The molecule has 0 bridgehead atoms. The van der Waals surface area contributed by atoms with Crippen LogP contribution in [0.3, 0.4) is 0 Å². The SMILES string of the molecule is COCCCn1c(C)cc(C(=O)NCCn2c(C)cnc2-c2cccnc2)c1C. The Morgan fingerprint density at radius 3 is 2.69 bits per heavy atom. The predicted molar refractivity (Wildman–Crippen MR) is 113 cm³/mol. The molecule has 0 aliphatic carbocycles. The lowest BCUT2D eigenvalue weighted by Crippen LogP contribution is -2.28. The van der Waals surface area contributed by atoms with Crippen LogP contribution in [-0.2, 0) is 17.8 Å². The van der Waals surface area contributed by atoms with Gasteiger partial charge in [-0.25, -0.2) is 4.98 Å². The van der Waals surface area contributed by atoms with Crippen molar-refractivity contribution in [3.8, 4) is 11.4 Å². The molecule has 1 amide bonds. The average Bonchev–Trinajstić information content (AvgIpc) is 3.23. The van der Waals surface area contributed by atoms with Crippen LogP contribution in [0.2, 0.25) is 0 Å². The van der Waals surface area contributed by atoms with E-state index in [1.165, 1.54) is 0 Å². The van der Waals surface area contributed by atoms with Gasteiger partial charge in [0.2, 0.25) is 0 Å². The van der Waals surface area contributed by atoms with Crippen molar-refractivity contribution in [1.82, 2.24) is 24.4 Å². The second-order valence-electron chi connectivity index (χ2n) is 7.16. The number of imidazole rings is 1. The molecule has 0 saturated heterocycles. The summed E-state index contributed by atoms with van der Waals surface area (Å²) >= 11 is 0. The average molecular weight is 396 g/mol. The Kier molecular flexibility index (Phi) is 6.82. The molecule has 3 aromatic rings. The third kappa shape index (κ3) is 4.74. The molecule has 154 valence electrons. The first-order valence-corrected chi connectivity index (χ1v) is 9.89. The third-order valence-electron chi connectivity index (χ3n) is 5.14. The predicted octanol–water partition coefficient (Wildman–Crippen LogP) is 3.14. The second-order valence-corrected chi connectivity index (χ2v) is 7.16. The van der Waals surface area contributed by atoms with Crippen LogP contribution in [0.25, 0.3) is 11.4 Å². The molecule has 3 rings (SSSR count). The van der Waals surface area contributed by atoms with Crippen LogP contribution in [0.15, 0.2) is 36.8 Å². The van der Waals surface area contributed by atoms with Crippen molar-refractivity contribution in [3.05, 3.63) is 59.4 Å². The highest BCUT2D eigenvalue weighted by molar-refractivity contribution is 5.95. The summed E-state index contributed by atoms with van der Waals surface area (Å²) in [4.78, 5) is 21.4. The van der Waals surface area contributed by atoms with E-state index in [0.29, 0.717) is 19.7 Å². The summed E-state index contributed by atoms with van der Waals surface area (Å²) in [6.45, 7) is 8.78. The van der Waals surface area contributed by atoms with Crippen molar-refractivity contribution in [2.24, 2.45) is 0 Å². The van der Waals surface area contributed by atoms with Gasteiger partial charge < -0.3 is 19.2 Å². The summed E-state index contributed by atoms with van der Waals surface area (Å²) in [5.74, 6) is 0.818. The molecule has 0 aliphatic rings. The van der Waals surface area contributed by atoms with Gasteiger partial charge in [0.25, 0.3) is 5.91 Å². The number of nitrogens with zero attached hydrogens (tertiary/aromatic N) is 4. The number of methoxy groups -OCH3 is 1. The van der Waals surface area contributed by atoms with Crippen molar-refractivity contribution in [1.29, 1.82) is 0 Å². The molecule has 7 heteroatoms. The fourth-order valence-electron chi connectivity index (χ4n) is 3.59. The largest absolute Gasteiger partial charge is 0.385 e. The lowest BCUT2D eigenvalue weighted by Gasteiger charge is -2.12. The zero-order valence-corrected chi connectivity index (χ0v) is 17.6. The van der Waals surface area contributed by atoms with E-state index in [-0.39, 0.29) is 5.91 Å². The first-order chi connectivity index (χ1) is 14.0. The van der Waals surface area contributed by atoms with Crippen LogP contribution >= 0.6 is 0 Å². The van der Waals surface area contributed by atoms with E-state index in [4.69, 9.17) is 4.74 Å². The van der Waals surface area contributed by atoms with Crippen LogP contribution < -0.4 is 5.32 Å². The first-order valence-electron chi connectivity index (χ1n) is 9.89. The van der Waals surface area contributed by atoms with E-state index in [1.54, 1.807) is 19.5 Å². The van der Waals surface area contributed by atoms with Gasteiger partial charge in [-0.05, 0) is 45.4 Å². The minimum Gasteiger partial charge on any atom is -0.385 e. The van der Waals surface area contributed by atoms with Gasteiger partial charge in [0.15, 0.2) is 0 Å². The van der Waals surface area contributed by atoms with E-state index >= 15 is 0 Å². The summed E-state index contributed by atoms with van der Waals surface area (Å²) in [7, 11) is 1.70. The Bertz CT molecular complexity index is 959. The number of aromatic nitrogens is 4. The second kappa shape index (κ2) is 9.52. The zero-order valence-electron chi connectivity index (χ0n) is 17.6. The Hall–Kier alpha value is -2.93. The number of nitrogens with one attached hydrogen (secondary N) is 1. The number of hydrogen-bond acceptors (Lipinski definition) is 4. The normalized spacial score (nSPS) is 11.0. The maximum absolute atomic E-state index is 12.7. The van der Waals surface area contributed by atoms with Crippen molar-refractivity contribution in [2.45, 2.75) is 40.3 Å². The minimum absolute atomic E-state index is 0.0446. The van der Waals surface area contributed by atoms with Gasteiger partial charge in [-0.15, -0.1) is 0 Å². The standard InChI is InChI=1S/C22H29N5O2/c1-16-13-20(18(3)26(16)10-6-12-29-4)22(28)24-9-11-27-17(2)14-25-21(27)19-7-5-8-23-15-19/h5,7-8,13-15H,6,9-12H2,1-4H3,(H,24,28). The summed E-state index contributed by atoms with van der Waals surface area (Å²) in [5, 5.41) is 3.05. The molecule has 0 atom stereocenters. The van der Waals surface area contributed by atoms with Crippen LogP contribution in [0, 0.1) is 20.8 Å². The van der Waals surface area contributed by atoms with Crippen LogP contribution in [-0.4, -0.2) is 45.3 Å². The van der Waals surface area contributed by atoms with Crippen molar-refractivity contribution in [2.75, 3.05) is 20.3 Å². The Morgan fingerprint density at radius 2 is 1.97 bits per heavy atom. The molecule has 0 fully saturated rings. The quantitative estimate of drug-likeness (QED) is 0.565. The van der Waals surface area contributed by atoms with Crippen LogP contribution in [0.5, 0.6) is 0 Å². The third-order valence-corrected chi connectivity index (χ3v) is 5.14. The molecule has 0 unspecified atom stereocenters. The number of carbonyl (C=O) groups is 1. The van der Waals surface area contributed by atoms with Gasteiger partial charge in [0.05, 0.1) is 5.56 Å². The Morgan fingerprint density at radius 1 is 1.14 bits per heavy atom. The molecule has 29 heavy (non-hydrogen) atoms. The fourth-order valence-corrected chi connectivity index (χ4v) is 3.59. The highest BCUT2D eigenvalue weighted by Crippen LogP contribution is 2.18.